The number of hydrogen-bond donors (Lipinski definition) is 1. The molecule has 0 unspecified atom stereocenters. The molecule has 0 amide bonds. The Balaban J connectivity index is 3.23. The fourth-order valence-corrected chi connectivity index (χ4v) is 1.82. The summed E-state index contributed by atoms with van der Waals surface area (Å²) in [5.74, 6) is 0.741. The quantitative estimate of drug-likeness (QED) is 0.533. The van der Waals surface area contributed by atoms with Crippen LogP contribution >= 0.6 is 0 Å². The fourth-order valence-electron chi connectivity index (χ4n) is 1.82. The number of nitrogens with one attached hydrogen (secondary N) is 1. The number of nitrogens with zero attached hydrogens (tertiary/aromatic N) is 1. The van der Waals surface area contributed by atoms with Gasteiger partial charge in [-0.15, -0.1) is 0 Å². The molecule has 17 heavy (non-hydrogen) atoms. The van der Waals surface area contributed by atoms with Crippen molar-refractivity contribution in [2.75, 3.05) is 45.9 Å². The summed E-state index contributed by atoms with van der Waals surface area (Å²) in [7, 11) is 0. The summed E-state index contributed by atoms with van der Waals surface area (Å²) in [6.07, 6.45) is 2.46. The minimum absolute atomic E-state index is 0.741. The van der Waals surface area contributed by atoms with Crippen molar-refractivity contribution in [1.29, 1.82) is 0 Å². The van der Waals surface area contributed by atoms with E-state index in [0.717, 1.165) is 51.9 Å². The van der Waals surface area contributed by atoms with Crippen LogP contribution in [0, 0.1) is 5.92 Å². The molecule has 0 aliphatic heterocycles. The maximum atomic E-state index is 5.66. The van der Waals surface area contributed by atoms with Gasteiger partial charge in [-0.1, -0.05) is 40.5 Å². The van der Waals surface area contributed by atoms with E-state index in [0.29, 0.717) is 0 Å². The molecule has 0 saturated carbocycles. The second kappa shape index (κ2) is 12.3. The Morgan fingerprint density at radius 1 is 1.00 bits per heavy atom. The van der Waals surface area contributed by atoms with Crippen LogP contribution in [0.5, 0.6) is 0 Å². The summed E-state index contributed by atoms with van der Waals surface area (Å²) in [6, 6.07) is 0. The average molecular weight is 244 g/mol. The first-order valence-electron chi connectivity index (χ1n) is 7.29. The SMILES string of the molecule is CCC(CC)COCCNCCN(CC)CC. The van der Waals surface area contributed by atoms with Crippen molar-refractivity contribution in [1.82, 2.24) is 10.2 Å². The molecular formula is C14H32N2O. The zero-order valence-electron chi connectivity index (χ0n) is 12.3. The molecule has 0 aromatic heterocycles. The van der Waals surface area contributed by atoms with E-state index in [1.54, 1.807) is 0 Å². The normalized spacial score (nSPS) is 11.6. The van der Waals surface area contributed by atoms with E-state index in [9.17, 15) is 0 Å². The Hall–Kier alpha value is -0.120. The smallest absolute Gasteiger partial charge is 0.0591 e. The molecular weight excluding hydrogens is 212 g/mol. The monoisotopic (exact) mass is 244 g/mol. The lowest BCUT2D eigenvalue weighted by molar-refractivity contribution is 0.0979. The molecule has 0 aromatic carbocycles. The molecule has 0 aromatic rings. The van der Waals surface area contributed by atoms with E-state index in [1.807, 2.05) is 0 Å². The van der Waals surface area contributed by atoms with Crippen molar-refractivity contribution in [2.45, 2.75) is 40.5 Å². The van der Waals surface area contributed by atoms with E-state index in [2.05, 4.69) is 37.9 Å². The van der Waals surface area contributed by atoms with Crippen molar-refractivity contribution in [2.24, 2.45) is 5.92 Å². The van der Waals surface area contributed by atoms with Gasteiger partial charge in [0.2, 0.25) is 0 Å². The van der Waals surface area contributed by atoms with Gasteiger partial charge in [-0.05, 0) is 19.0 Å². The van der Waals surface area contributed by atoms with Crippen LogP contribution in [0.15, 0.2) is 0 Å². The second-order valence-corrected chi connectivity index (χ2v) is 4.53. The van der Waals surface area contributed by atoms with Gasteiger partial charge in [0.1, 0.15) is 0 Å². The summed E-state index contributed by atoms with van der Waals surface area (Å²) < 4.78 is 5.66. The van der Waals surface area contributed by atoms with Crippen molar-refractivity contribution in [3.63, 3.8) is 0 Å². The van der Waals surface area contributed by atoms with Crippen LogP contribution in [0.4, 0.5) is 0 Å². The Morgan fingerprint density at radius 2 is 1.65 bits per heavy atom. The third-order valence-electron chi connectivity index (χ3n) is 3.43. The number of hydrogen-bond acceptors (Lipinski definition) is 3. The van der Waals surface area contributed by atoms with Gasteiger partial charge in [0.25, 0.3) is 0 Å². The van der Waals surface area contributed by atoms with E-state index in [4.69, 9.17) is 4.74 Å². The highest BCUT2D eigenvalue weighted by atomic mass is 16.5. The van der Waals surface area contributed by atoms with Crippen molar-refractivity contribution < 1.29 is 4.74 Å². The minimum atomic E-state index is 0.741. The molecule has 1 N–H and O–H groups in total. The van der Waals surface area contributed by atoms with E-state index >= 15 is 0 Å². The van der Waals surface area contributed by atoms with Gasteiger partial charge in [-0.2, -0.15) is 0 Å². The van der Waals surface area contributed by atoms with Crippen molar-refractivity contribution in [3.8, 4) is 0 Å². The topological polar surface area (TPSA) is 24.5 Å². The van der Waals surface area contributed by atoms with E-state index in [-0.39, 0.29) is 0 Å². The Bertz CT molecular complexity index is 129. The summed E-state index contributed by atoms with van der Waals surface area (Å²) >= 11 is 0. The Kier molecular flexibility index (Phi) is 12.3. The van der Waals surface area contributed by atoms with E-state index < -0.39 is 0 Å². The van der Waals surface area contributed by atoms with Crippen LogP contribution in [-0.4, -0.2) is 50.8 Å². The number of ether oxygens (including phenoxy) is 1. The summed E-state index contributed by atoms with van der Waals surface area (Å²) in [5.41, 5.74) is 0. The highest BCUT2D eigenvalue weighted by Crippen LogP contribution is 2.06. The van der Waals surface area contributed by atoms with Gasteiger partial charge in [-0.3, -0.25) is 0 Å². The molecule has 0 fully saturated rings. The van der Waals surface area contributed by atoms with Gasteiger partial charge in [0, 0.05) is 26.2 Å². The largest absolute Gasteiger partial charge is 0.380 e. The molecule has 104 valence electrons. The van der Waals surface area contributed by atoms with Crippen LogP contribution < -0.4 is 5.32 Å². The van der Waals surface area contributed by atoms with Crippen LogP contribution in [0.2, 0.25) is 0 Å². The number of likely N-dealkylation sites (N-methyl/N-ethyl adjacent to an activating group) is 1. The Morgan fingerprint density at radius 3 is 2.18 bits per heavy atom. The van der Waals surface area contributed by atoms with Crippen LogP contribution in [0.3, 0.4) is 0 Å². The van der Waals surface area contributed by atoms with Crippen molar-refractivity contribution >= 4 is 0 Å². The molecule has 3 heteroatoms. The van der Waals surface area contributed by atoms with Crippen LogP contribution in [-0.2, 0) is 4.74 Å². The van der Waals surface area contributed by atoms with Crippen molar-refractivity contribution in [3.05, 3.63) is 0 Å². The van der Waals surface area contributed by atoms with Gasteiger partial charge in [-0.25, -0.2) is 0 Å². The second-order valence-electron chi connectivity index (χ2n) is 4.53. The molecule has 0 aliphatic carbocycles. The number of rotatable bonds is 12. The molecule has 0 radical (unpaired) electrons. The van der Waals surface area contributed by atoms with E-state index in [1.165, 1.54) is 12.8 Å². The van der Waals surface area contributed by atoms with Gasteiger partial charge >= 0.3 is 0 Å². The highest BCUT2D eigenvalue weighted by molar-refractivity contribution is 4.56. The minimum Gasteiger partial charge on any atom is -0.380 e. The average Bonchev–Trinajstić information content (AvgIpc) is 2.37. The molecule has 0 spiro atoms. The van der Waals surface area contributed by atoms with Gasteiger partial charge in [0.15, 0.2) is 0 Å². The third kappa shape index (κ3) is 9.57. The van der Waals surface area contributed by atoms with Crippen LogP contribution in [0.25, 0.3) is 0 Å². The standard InChI is InChI=1S/C14H32N2O/c1-5-14(6-2)13-17-12-10-15-9-11-16(7-3)8-4/h14-15H,5-13H2,1-4H3. The maximum Gasteiger partial charge on any atom is 0.0591 e. The summed E-state index contributed by atoms with van der Waals surface area (Å²) in [4.78, 5) is 2.43. The highest BCUT2D eigenvalue weighted by Gasteiger charge is 2.02. The van der Waals surface area contributed by atoms with Gasteiger partial charge in [0.05, 0.1) is 6.61 Å². The predicted molar refractivity (Wildman–Crippen MR) is 75.5 cm³/mol. The zero-order valence-corrected chi connectivity index (χ0v) is 12.3. The first-order valence-corrected chi connectivity index (χ1v) is 7.29. The van der Waals surface area contributed by atoms with Crippen LogP contribution in [0.1, 0.15) is 40.5 Å². The first kappa shape index (κ1) is 16.9. The summed E-state index contributed by atoms with van der Waals surface area (Å²) in [5, 5.41) is 3.43. The predicted octanol–water partition coefficient (Wildman–Crippen LogP) is 2.37. The molecule has 0 atom stereocenters. The zero-order chi connectivity index (χ0) is 12.9. The Labute approximate surface area is 108 Å². The first-order chi connectivity index (χ1) is 8.28. The molecule has 0 rings (SSSR count). The fraction of sp³-hybridized carbons (Fsp3) is 1.00. The third-order valence-corrected chi connectivity index (χ3v) is 3.43. The molecule has 0 aliphatic rings. The molecule has 0 heterocycles. The summed E-state index contributed by atoms with van der Waals surface area (Å²) in [6.45, 7) is 16.1. The lowest BCUT2D eigenvalue weighted by Crippen LogP contribution is -2.33. The molecule has 3 nitrogen and oxygen atoms in total. The van der Waals surface area contributed by atoms with Gasteiger partial charge < -0.3 is 15.0 Å². The molecule has 0 bridgehead atoms. The lowest BCUT2D eigenvalue weighted by atomic mass is 10.1. The lowest BCUT2D eigenvalue weighted by Gasteiger charge is -2.18. The molecule has 0 saturated heterocycles. The maximum absolute atomic E-state index is 5.66.